The van der Waals surface area contributed by atoms with Crippen LogP contribution in [0.25, 0.3) is 10.1 Å². The molecule has 1 atom stereocenters. The van der Waals surface area contributed by atoms with Gasteiger partial charge in [-0.05, 0) is 60.8 Å². The van der Waals surface area contributed by atoms with E-state index in [2.05, 4.69) is 9.69 Å². The SMILES string of the molecule is COc1ccc(Cl)cc1S(=O)(=O)N1CCC[C@H](C(=O)Nc2ccc3sncc3c2)C1. The number of amides is 1. The van der Waals surface area contributed by atoms with E-state index in [9.17, 15) is 13.2 Å². The molecule has 30 heavy (non-hydrogen) atoms. The summed E-state index contributed by atoms with van der Waals surface area (Å²) < 4.78 is 38.1. The minimum atomic E-state index is -3.85. The molecular weight excluding hydrogens is 446 g/mol. The number of piperidine rings is 1. The maximum absolute atomic E-state index is 13.2. The first-order valence-electron chi connectivity index (χ1n) is 9.37. The van der Waals surface area contributed by atoms with Crippen LogP contribution in [0.5, 0.6) is 5.75 Å². The van der Waals surface area contributed by atoms with Crippen molar-refractivity contribution in [2.24, 2.45) is 5.92 Å². The van der Waals surface area contributed by atoms with E-state index in [4.69, 9.17) is 16.3 Å². The third-order valence-corrected chi connectivity index (χ3v) is 8.02. The minimum Gasteiger partial charge on any atom is -0.495 e. The first kappa shape index (κ1) is 21.0. The summed E-state index contributed by atoms with van der Waals surface area (Å²) in [5.41, 5.74) is 0.671. The normalized spacial score (nSPS) is 17.7. The first-order valence-corrected chi connectivity index (χ1v) is 12.0. The number of fused-ring (bicyclic) bond motifs is 1. The second kappa shape index (κ2) is 8.50. The molecule has 0 radical (unpaired) electrons. The van der Waals surface area contributed by atoms with Gasteiger partial charge in [0.2, 0.25) is 15.9 Å². The van der Waals surface area contributed by atoms with Crippen molar-refractivity contribution in [3.8, 4) is 5.75 Å². The number of benzene rings is 2. The lowest BCUT2D eigenvalue weighted by Crippen LogP contribution is -2.43. The molecule has 2 heterocycles. The van der Waals surface area contributed by atoms with E-state index in [1.165, 1.54) is 35.1 Å². The van der Waals surface area contributed by atoms with Crippen LogP contribution < -0.4 is 10.1 Å². The Hall–Kier alpha value is -2.20. The minimum absolute atomic E-state index is 0.00830. The number of carbonyl (C=O) groups is 1. The van der Waals surface area contributed by atoms with Crippen molar-refractivity contribution in [1.29, 1.82) is 0 Å². The fraction of sp³-hybridized carbons (Fsp3) is 0.300. The molecule has 0 spiro atoms. The number of sulfonamides is 1. The lowest BCUT2D eigenvalue weighted by molar-refractivity contribution is -0.120. The van der Waals surface area contributed by atoms with E-state index >= 15 is 0 Å². The second-order valence-corrected chi connectivity index (χ2v) is 10.2. The van der Waals surface area contributed by atoms with Gasteiger partial charge in [0, 0.05) is 35.4 Å². The molecule has 1 aromatic heterocycles. The van der Waals surface area contributed by atoms with Gasteiger partial charge in [0.25, 0.3) is 0 Å². The van der Waals surface area contributed by atoms with Crippen molar-refractivity contribution in [1.82, 2.24) is 8.68 Å². The van der Waals surface area contributed by atoms with E-state index in [-0.39, 0.29) is 23.1 Å². The molecule has 4 rings (SSSR count). The molecule has 10 heteroatoms. The van der Waals surface area contributed by atoms with Crippen LogP contribution in [-0.2, 0) is 14.8 Å². The van der Waals surface area contributed by atoms with Gasteiger partial charge in [0.05, 0.1) is 17.7 Å². The first-order chi connectivity index (χ1) is 14.4. The van der Waals surface area contributed by atoms with Crippen LogP contribution in [0, 0.1) is 5.92 Å². The smallest absolute Gasteiger partial charge is 0.246 e. The van der Waals surface area contributed by atoms with Crippen molar-refractivity contribution < 1.29 is 17.9 Å². The van der Waals surface area contributed by atoms with E-state index < -0.39 is 15.9 Å². The van der Waals surface area contributed by atoms with Crippen molar-refractivity contribution in [2.75, 3.05) is 25.5 Å². The number of aromatic nitrogens is 1. The van der Waals surface area contributed by atoms with E-state index in [1.807, 2.05) is 18.2 Å². The molecule has 1 amide bonds. The number of halogens is 1. The van der Waals surface area contributed by atoms with Gasteiger partial charge in [-0.3, -0.25) is 4.79 Å². The zero-order chi connectivity index (χ0) is 21.3. The van der Waals surface area contributed by atoms with Crippen LogP contribution in [0.4, 0.5) is 5.69 Å². The average molecular weight is 466 g/mol. The van der Waals surface area contributed by atoms with E-state index in [1.54, 1.807) is 12.3 Å². The van der Waals surface area contributed by atoms with Crippen molar-refractivity contribution in [3.05, 3.63) is 47.6 Å². The van der Waals surface area contributed by atoms with Gasteiger partial charge >= 0.3 is 0 Å². The lowest BCUT2D eigenvalue weighted by atomic mass is 9.98. The Kier molecular flexibility index (Phi) is 5.97. The van der Waals surface area contributed by atoms with E-state index in [0.717, 1.165) is 10.1 Å². The Morgan fingerprint density at radius 1 is 1.30 bits per heavy atom. The molecule has 0 unspecified atom stereocenters. The predicted octanol–water partition coefficient (Wildman–Crippen LogP) is 4.00. The third-order valence-electron chi connectivity index (χ3n) is 5.12. The third kappa shape index (κ3) is 4.15. The summed E-state index contributed by atoms with van der Waals surface area (Å²) in [5, 5.41) is 4.17. The number of rotatable bonds is 5. The molecule has 3 aromatic rings. The largest absolute Gasteiger partial charge is 0.495 e. The molecule has 1 N–H and O–H groups in total. The highest BCUT2D eigenvalue weighted by atomic mass is 35.5. The zero-order valence-electron chi connectivity index (χ0n) is 16.2. The Morgan fingerprint density at radius 3 is 2.93 bits per heavy atom. The van der Waals surface area contributed by atoms with Crippen LogP contribution in [0.2, 0.25) is 5.02 Å². The lowest BCUT2D eigenvalue weighted by Gasteiger charge is -2.31. The second-order valence-electron chi connectivity index (χ2n) is 7.07. The molecule has 1 saturated heterocycles. The van der Waals surface area contributed by atoms with Gasteiger partial charge in [-0.1, -0.05) is 11.6 Å². The topological polar surface area (TPSA) is 88.6 Å². The van der Waals surface area contributed by atoms with Crippen LogP contribution in [0.1, 0.15) is 12.8 Å². The summed E-state index contributed by atoms with van der Waals surface area (Å²) in [7, 11) is -2.44. The van der Waals surface area contributed by atoms with Gasteiger partial charge in [-0.25, -0.2) is 8.42 Å². The highest BCUT2D eigenvalue weighted by molar-refractivity contribution is 7.89. The number of methoxy groups -OCH3 is 1. The molecule has 0 aliphatic carbocycles. The molecule has 1 fully saturated rings. The van der Waals surface area contributed by atoms with Gasteiger partial charge in [0.1, 0.15) is 10.6 Å². The number of anilines is 1. The number of hydrogen-bond acceptors (Lipinski definition) is 6. The highest BCUT2D eigenvalue weighted by Crippen LogP contribution is 2.32. The summed E-state index contributed by atoms with van der Waals surface area (Å²) in [6.07, 6.45) is 2.96. The number of hydrogen-bond donors (Lipinski definition) is 1. The van der Waals surface area contributed by atoms with Crippen LogP contribution >= 0.6 is 23.1 Å². The fourth-order valence-electron chi connectivity index (χ4n) is 3.56. The van der Waals surface area contributed by atoms with Gasteiger partial charge < -0.3 is 10.1 Å². The fourth-order valence-corrected chi connectivity index (χ4v) is 6.13. The molecule has 0 bridgehead atoms. The maximum atomic E-state index is 13.2. The average Bonchev–Trinajstić information content (AvgIpc) is 3.21. The summed E-state index contributed by atoms with van der Waals surface area (Å²) in [6.45, 7) is 0.445. The number of ether oxygens (including phenoxy) is 1. The number of nitrogens with zero attached hydrogens (tertiary/aromatic N) is 2. The van der Waals surface area contributed by atoms with Crippen LogP contribution in [0.15, 0.2) is 47.5 Å². The van der Waals surface area contributed by atoms with Gasteiger partial charge in [-0.15, -0.1) is 0 Å². The standard InChI is InChI=1S/C20H20ClN3O4S2/c1-28-17-6-4-15(21)10-19(17)30(26,27)24-8-2-3-13(12-24)20(25)23-16-5-7-18-14(9-16)11-22-29-18/h4-7,9-11,13H,2-3,8,12H2,1H3,(H,23,25)/t13-/m0/s1. The van der Waals surface area contributed by atoms with Crippen LogP contribution in [0.3, 0.4) is 0 Å². The van der Waals surface area contributed by atoms with Crippen LogP contribution in [-0.4, -0.2) is 43.2 Å². The Balaban J connectivity index is 1.52. The maximum Gasteiger partial charge on any atom is 0.246 e. The Labute approximate surface area is 183 Å². The molecule has 1 aliphatic heterocycles. The van der Waals surface area contributed by atoms with Crippen molar-refractivity contribution >= 4 is 54.8 Å². The highest BCUT2D eigenvalue weighted by Gasteiger charge is 2.35. The summed E-state index contributed by atoms with van der Waals surface area (Å²) in [5.74, 6) is -0.422. The van der Waals surface area contributed by atoms with E-state index in [0.29, 0.717) is 30.1 Å². The zero-order valence-corrected chi connectivity index (χ0v) is 18.6. The van der Waals surface area contributed by atoms with Crippen molar-refractivity contribution in [2.45, 2.75) is 17.7 Å². The van der Waals surface area contributed by atoms with Crippen molar-refractivity contribution in [3.63, 3.8) is 0 Å². The Bertz CT molecular complexity index is 1200. The summed E-state index contributed by atoms with van der Waals surface area (Å²) in [4.78, 5) is 12.8. The molecular formula is C20H20ClN3O4S2. The summed E-state index contributed by atoms with van der Waals surface area (Å²) in [6, 6.07) is 10.1. The quantitative estimate of drug-likeness (QED) is 0.615. The number of carbonyl (C=O) groups excluding carboxylic acids is 1. The summed E-state index contributed by atoms with van der Waals surface area (Å²) >= 11 is 7.41. The monoisotopic (exact) mass is 465 g/mol. The number of nitrogens with one attached hydrogen (secondary N) is 1. The Morgan fingerprint density at radius 2 is 2.13 bits per heavy atom. The molecule has 1 aliphatic rings. The predicted molar refractivity (Wildman–Crippen MR) is 118 cm³/mol. The van der Waals surface area contributed by atoms with Gasteiger partial charge in [0.15, 0.2) is 0 Å². The van der Waals surface area contributed by atoms with Gasteiger partial charge in [-0.2, -0.15) is 8.68 Å². The molecule has 2 aromatic carbocycles. The molecule has 0 saturated carbocycles. The molecule has 158 valence electrons. The molecule has 7 nitrogen and oxygen atoms in total.